The van der Waals surface area contributed by atoms with Crippen molar-refractivity contribution in [2.24, 2.45) is 0 Å². The van der Waals surface area contributed by atoms with E-state index in [1.54, 1.807) is 43.3 Å². The van der Waals surface area contributed by atoms with Crippen molar-refractivity contribution in [3.63, 3.8) is 0 Å². The molecule has 2 aromatic carbocycles. The molecule has 0 bridgehead atoms. The maximum Gasteiger partial charge on any atom is 0.371 e. The molecule has 1 aromatic heterocycles. The zero-order valence-corrected chi connectivity index (χ0v) is 13.5. The van der Waals surface area contributed by atoms with Crippen molar-refractivity contribution in [2.75, 3.05) is 0 Å². The van der Waals surface area contributed by atoms with Crippen LogP contribution in [0.25, 0.3) is 11.0 Å². The third-order valence-corrected chi connectivity index (χ3v) is 4.21. The Labute approximate surface area is 146 Å². The average Bonchev–Trinajstić information content (AvgIpc) is 2.87. The molecule has 0 aliphatic carbocycles. The van der Waals surface area contributed by atoms with E-state index in [9.17, 15) is 19.2 Å². The van der Waals surface area contributed by atoms with E-state index in [0.717, 1.165) is 0 Å². The van der Waals surface area contributed by atoms with Gasteiger partial charge in [-0.3, -0.25) is 9.59 Å². The van der Waals surface area contributed by atoms with Crippen LogP contribution < -0.4 is 5.63 Å². The average molecular weight is 349 g/mol. The van der Waals surface area contributed by atoms with Gasteiger partial charge in [0.1, 0.15) is 5.58 Å². The molecule has 0 saturated heterocycles. The van der Waals surface area contributed by atoms with Crippen molar-refractivity contribution in [2.45, 2.75) is 6.92 Å². The Bertz CT molecular complexity index is 1130. The van der Waals surface area contributed by atoms with Gasteiger partial charge in [-0.05, 0) is 30.7 Å². The monoisotopic (exact) mass is 349 g/mol. The van der Waals surface area contributed by atoms with E-state index in [1.807, 2.05) is 0 Å². The molecule has 0 radical (unpaired) electrons. The van der Waals surface area contributed by atoms with Crippen LogP contribution in [0.4, 0.5) is 0 Å². The second-order valence-corrected chi connectivity index (χ2v) is 5.71. The summed E-state index contributed by atoms with van der Waals surface area (Å²) < 4.78 is 5.13. The molecular formula is C19H11NO6. The summed E-state index contributed by atoms with van der Waals surface area (Å²) >= 11 is 0. The fraction of sp³-hybridized carbons (Fsp3) is 0.0526. The van der Waals surface area contributed by atoms with E-state index in [4.69, 9.17) is 9.25 Å². The molecule has 3 aromatic rings. The minimum Gasteiger partial charge on any atom is -0.422 e. The number of para-hydroxylation sites is 1. The van der Waals surface area contributed by atoms with Crippen molar-refractivity contribution >= 4 is 28.8 Å². The van der Waals surface area contributed by atoms with E-state index in [-0.39, 0.29) is 16.7 Å². The predicted molar refractivity (Wildman–Crippen MR) is 89.6 cm³/mol. The highest BCUT2D eigenvalue weighted by atomic mass is 16.7. The van der Waals surface area contributed by atoms with Gasteiger partial charge in [0.25, 0.3) is 11.8 Å². The molecule has 2 amide bonds. The molecular weight excluding hydrogens is 338 g/mol. The van der Waals surface area contributed by atoms with E-state index >= 15 is 0 Å². The molecule has 0 fully saturated rings. The fourth-order valence-corrected chi connectivity index (χ4v) is 2.92. The van der Waals surface area contributed by atoms with Gasteiger partial charge < -0.3 is 9.25 Å². The maximum absolute atomic E-state index is 12.5. The lowest BCUT2D eigenvalue weighted by Crippen LogP contribution is -2.34. The van der Waals surface area contributed by atoms with Crippen LogP contribution in [0.3, 0.4) is 0 Å². The first-order chi connectivity index (χ1) is 12.5. The number of benzene rings is 2. The third-order valence-electron chi connectivity index (χ3n) is 4.21. The largest absolute Gasteiger partial charge is 0.422 e. The van der Waals surface area contributed by atoms with Gasteiger partial charge in [-0.25, -0.2) is 9.59 Å². The lowest BCUT2D eigenvalue weighted by Gasteiger charge is -2.13. The molecule has 26 heavy (non-hydrogen) atoms. The Kier molecular flexibility index (Phi) is 3.43. The summed E-state index contributed by atoms with van der Waals surface area (Å²) in [4.78, 5) is 54.2. The summed E-state index contributed by atoms with van der Waals surface area (Å²) in [5.74, 6) is -2.65. The quantitative estimate of drug-likeness (QED) is 0.521. The molecule has 0 unspecified atom stereocenters. The topological polar surface area (TPSA) is 93.9 Å². The zero-order valence-electron chi connectivity index (χ0n) is 13.5. The van der Waals surface area contributed by atoms with Crippen molar-refractivity contribution in [3.8, 4) is 0 Å². The zero-order chi connectivity index (χ0) is 18.4. The Morgan fingerprint density at radius 3 is 2.15 bits per heavy atom. The van der Waals surface area contributed by atoms with E-state index in [0.29, 0.717) is 21.6 Å². The molecule has 1 aliphatic rings. The number of carbonyl (C=O) groups is 3. The van der Waals surface area contributed by atoms with Crippen LogP contribution in [0.5, 0.6) is 0 Å². The number of nitrogens with zero attached hydrogens (tertiary/aromatic N) is 1. The first-order valence-corrected chi connectivity index (χ1v) is 7.71. The van der Waals surface area contributed by atoms with Gasteiger partial charge in [-0.15, -0.1) is 0 Å². The summed E-state index contributed by atoms with van der Waals surface area (Å²) in [6.45, 7) is 1.57. The minimum atomic E-state index is -1.13. The molecule has 7 heteroatoms. The van der Waals surface area contributed by atoms with E-state index in [1.165, 1.54) is 12.1 Å². The van der Waals surface area contributed by atoms with Gasteiger partial charge in [0.2, 0.25) is 0 Å². The molecule has 128 valence electrons. The molecule has 0 N–H and O–H groups in total. The number of hydrogen-bond acceptors (Lipinski definition) is 6. The summed E-state index contributed by atoms with van der Waals surface area (Å²) in [6, 6.07) is 12.8. The summed E-state index contributed by atoms with van der Waals surface area (Å²) in [5.41, 5.74) is -0.325. The van der Waals surface area contributed by atoms with Gasteiger partial charge in [0.05, 0.1) is 11.1 Å². The molecule has 2 heterocycles. The minimum absolute atomic E-state index is 0.132. The first-order valence-electron chi connectivity index (χ1n) is 7.71. The van der Waals surface area contributed by atoms with Crippen LogP contribution >= 0.6 is 0 Å². The normalized spacial score (nSPS) is 13.2. The molecule has 0 saturated carbocycles. The first kappa shape index (κ1) is 15.8. The van der Waals surface area contributed by atoms with Gasteiger partial charge in [0.15, 0.2) is 5.56 Å². The SMILES string of the molecule is Cc1c(C(=O)ON2C(=O)c3ccccc3C2=O)c(=O)oc2ccccc12. The standard InChI is InChI=1S/C19H11NO6/c1-10-11-6-4-5-9-14(11)25-18(23)15(10)19(24)26-20-16(21)12-7-2-3-8-13(12)17(20)22/h2-9H,1H3. The Hall–Kier alpha value is -3.74. The lowest BCUT2D eigenvalue weighted by molar-refractivity contribution is -0.0587. The molecule has 1 aliphatic heterocycles. The number of hydrogen-bond donors (Lipinski definition) is 0. The van der Waals surface area contributed by atoms with Crippen LogP contribution in [0.2, 0.25) is 0 Å². The number of carbonyl (C=O) groups excluding carboxylic acids is 3. The van der Waals surface area contributed by atoms with Gasteiger partial charge in [-0.2, -0.15) is 0 Å². The number of rotatable bonds is 2. The highest BCUT2D eigenvalue weighted by Gasteiger charge is 2.39. The number of aryl methyl sites for hydroxylation is 1. The number of imide groups is 1. The fourth-order valence-electron chi connectivity index (χ4n) is 2.92. The second kappa shape index (κ2) is 5.66. The lowest BCUT2D eigenvalue weighted by atomic mass is 10.1. The third kappa shape index (κ3) is 2.21. The summed E-state index contributed by atoms with van der Waals surface area (Å²) in [5, 5.41) is 0.919. The van der Waals surface area contributed by atoms with Crippen LogP contribution in [0, 0.1) is 6.92 Å². The van der Waals surface area contributed by atoms with Gasteiger partial charge >= 0.3 is 11.6 Å². The number of hydroxylamine groups is 2. The molecule has 0 atom stereocenters. The van der Waals surface area contributed by atoms with Gasteiger partial charge in [-0.1, -0.05) is 35.4 Å². The molecule has 4 rings (SSSR count). The van der Waals surface area contributed by atoms with Crippen LogP contribution in [-0.2, 0) is 4.84 Å². The summed E-state index contributed by atoms with van der Waals surface area (Å²) in [6.07, 6.45) is 0. The van der Waals surface area contributed by atoms with Gasteiger partial charge in [0, 0.05) is 5.39 Å². The van der Waals surface area contributed by atoms with E-state index in [2.05, 4.69) is 0 Å². The number of fused-ring (bicyclic) bond motifs is 2. The van der Waals surface area contributed by atoms with Crippen molar-refractivity contribution < 1.29 is 23.6 Å². The predicted octanol–water partition coefficient (Wildman–Crippen LogP) is 2.47. The Morgan fingerprint density at radius 1 is 0.923 bits per heavy atom. The van der Waals surface area contributed by atoms with Crippen LogP contribution in [0.15, 0.2) is 57.7 Å². The van der Waals surface area contributed by atoms with Crippen molar-refractivity contribution in [1.82, 2.24) is 5.06 Å². The second-order valence-electron chi connectivity index (χ2n) is 5.71. The Balaban J connectivity index is 1.72. The van der Waals surface area contributed by atoms with Crippen LogP contribution in [0.1, 0.15) is 36.6 Å². The summed E-state index contributed by atoms with van der Waals surface area (Å²) in [7, 11) is 0. The van der Waals surface area contributed by atoms with Crippen molar-refractivity contribution in [3.05, 3.63) is 81.2 Å². The van der Waals surface area contributed by atoms with Crippen molar-refractivity contribution in [1.29, 1.82) is 0 Å². The highest BCUT2D eigenvalue weighted by molar-refractivity contribution is 6.21. The van der Waals surface area contributed by atoms with Crippen LogP contribution in [-0.4, -0.2) is 22.8 Å². The number of amides is 2. The Morgan fingerprint density at radius 2 is 1.50 bits per heavy atom. The molecule has 7 nitrogen and oxygen atoms in total. The maximum atomic E-state index is 12.5. The smallest absolute Gasteiger partial charge is 0.371 e. The highest BCUT2D eigenvalue weighted by Crippen LogP contribution is 2.24. The van der Waals surface area contributed by atoms with E-state index < -0.39 is 23.4 Å². The molecule has 0 spiro atoms.